The maximum atomic E-state index is 12.3. The smallest absolute Gasteiger partial charge is 0.237 e. The van der Waals surface area contributed by atoms with Crippen LogP contribution in [0.15, 0.2) is 24.3 Å². The van der Waals surface area contributed by atoms with Gasteiger partial charge in [0.05, 0.1) is 17.5 Å². The zero-order chi connectivity index (χ0) is 12.7. The highest BCUT2D eigenvalue weighted by molar-refractivity contribution is 6.22. The highest BCUT2D eigenvalue weighted by atomic mass is 16.3. The molecule has 0 bridgehead atoms. The van der Waals surface area contributed by atoms with Crippen LogP contribution >= 0.6 is 0 Å². The van der Waals surface area contributed by atoms with Crippen molar-refractivity contribution in [3.05, 3.63) is 24.3 Å². The van der Waals surface area contributed by atoms with Gasteiger partial charge in [-0.25, -0.2) is 4.90 Å². The minimum absolute atomic E-state index is 0.0722. The van der Waals surface area contributed by atoms with E-state index in [1.165, 1.54) is 17.0 Å². The zero-order valence-electron chi connectivity index (χ0n) is 10.0. The molecule has 1 N–H and O–H groups in total. The highest BCUT2D eigenvalue weighted by Crippen LogP contribution is 2.40. The van der Waals surface area contributed by atoms with Crippen LogP contribution in [-0.2, 0) is 9.59 Å². The summed E-state index contributed by atoms with van der Waals surface area (Å²) in [5, 5.41) is 9.46. The number of amides is 2. The first-order chi connectivity index (χ1) is 8.68. The van der Waals surface area contributed by atoms with Gasteiger partial charge in [0.1, 0.15) is 5.75 Å². The number of aromatic hydroxyl groups is 1. The van der Waals surface area contributed by atoms with E-state index in [0.29, 0.717) is 5.69 Å². The molecular weight excluding hydrogens is 230 g/mol. The van der Waals surface area contributed by atoms with E-state index in [-0.39, 0.29) is 29.4 Å². The predicted molar refractivity (Wildman–Crippen MR) is 66.0 cm³/mol. The number of hydrogen-bond donors (Lipinski definition) is 1. The third-order valence-corrected chi connectivity index (χ3v) is 3.93. The van der Waals surface area contributed by atoms with Gasteiger partial charge < -0.3 is 5.11 Å². The van der Waals surface area contributed by atoms with Gasteiger partial charge in [-0.2, -0.15) is 0 Å². The largest absolute Gasteiger partial charge is 0.508 e. The average molecular weight is 245 g/mol. The standard InChI is InChI=1S/C14H15NO3/c16-10-5-3-4-9(8-10)15-13(17)11-6-1-2-7-12(11)14(15)18/h3-5,8,11-12,16H,1-2,6-7H2. The fourth-order valence-electron chi connectivity index (χ4n) is 3.05. The Bertz CT molecular complexity index is 488. The average Bonchev–Trinajstić information content (AvgIpc) is 2.63. The second kappa shape index (κ2) is 4.12. The summed E-state index contributed by atoms with van der Waals surface area (Å²) >= 11 is 0. The summed E-state index contributed by atoms with van der Waals surface area (Å²) in [6, 6.07) is 6.33. The number of carbonyl (C=O) groups is 2. The number of anilines is 1. The van der Waals surface area contributed by atoms with Crippen molar-refractivity contribution in [3.8, 4) is 5.75 Å². The van der Waals surface area contributed by atoms with E-state index in [4.69, 9.17) is 0 Å². The molecule has 1 aliphatic heterocycles. The third-order valence-electron chi connectivity index (χ3n) is 3.93. The first-order valence-corrected chi connectivity index (χ1v) is 6.35. The monoisotopic (exact) mass is 245 g/mol. The van der Waals surface area contributed by atoms with E-state index in [0.717, 1.165) is 25.7 Å². The molecule has 2 atom stereocenters. The van der Waals surface area contributed by atoms with Crippen LogP contribution in [0.1, 0.15) is 25.7 Å². The summed E-state index contributed by atoms with van der Waals surface area (Å²) < 4.78 is 0. The molecule has 1 aromatic rings. The molecule has 0 radical (unpaired) electrons. The molecule has 0 spiro atoms. The molecule has 2 aliphatic rings. The summed E-state index contributed by atoms with van der Waals surface area (Å²) in [4.78, 5) is 25.8. The molecule has 2 amide bonds. The zero-order valence-corrected chi connectivity index (χ0v) is 10.0. The van der Waals surface area contributed by atoms with E-state index in [9.17, 15) is 14.7 Å². The Balaban J connectivity index is 1.97. The Labute approximate surface area is 105 Å². The summed E-state index contributed by atoms with van der Waals surface area (Å²) in [6.07, 6.45) is 3.66. The minimum Gasteiger partial charge on any atom is -0.508 e. The van der Waals surface area contributed by atoms with Gasteiger partial charge in [0, 0.05) is 6.07 Å². The summed E-state index contributed by atoms with van der Waals surface area (Å²) in [7, 11) is 0. The van der Waals surface area contributed by atoms with Crippen LogP contribution in [0, 0.1) is 11.8 Å². The Morgan fingerprint density at radius 1 is 1.06 bits per heavy atom. The van der Waals surface area contributed by atoms with Crippen LogP contribution in [0.5, 0.6) is 5.75 Å². The third kappa shape index (κ3) is 1.60. The SMILES string of the molecule is O=C1C2CCCCC2C(=O)N1c1cccc(O)c1. The topological polar surface area (TPSA) is 57.6 Å². The van der Waals surface area contributed by atoms with Crippen molar-refractivity contribution in [2.75, 3.05) is 4.90 Å². The predicted octanol–water partition coefficient (Wildman–Crippen LogP) is 2.07. The second-order valence-corrected chi connectivity index (χ2v) is 5.03. The molecule has 4 nitrogen and oxygen atoms in total. The maximum absolute atomic E-state index is 12.3. The molecule has 2 unspecified atom stereocenters. The van der Waals surface area contributed by atoms with Gasteiger partial charge in [0.25, 0.3) is 0 Å². The van der Waals surface area contributed by atoms with Gasteiger partial charge in [0.15, 0.2) is 0 Å². The number of nitrogens with zero attached hydrogens (tertiary/aromatic N) is 1. The van der Waals surface area contributed by atoms with Crippen molar-refractivity contribution >= 4 is 17.5 Å². The van der Waals surface area contributed by atoms with E-state index in [1.807, 2.05) is 0 Å². The number of phenols is 1. The van der Waals surface area contributed by atoms with Crippen LogP contribution < -0.4 is 4.90 Å². The molecule has 2 fully saturated rings. The lowest BCUT2D eigenvalue weighted by Crippen LogP contribution is -2.30. The van der Waals surface area contributed by atoms with Gasteiger partial charge in [-0.05, 0) is 25.0 Å². The Morgan fingerprint density at radius 2 is 1.67 bits per heavy atom. The van der Waals surface area contributed by atoms with Gasteiger partial charge in [0.2, 0.25) is 11.8 Å². The number of fused-ring (bicyclic) bond motifs is 1. The molecule has 1 saturated heterocycles. The fourth-order valence-corrected chi connectivity index (χ4v) is 3.05. The van der Waals surface area contributed by atoms with Gasteiger partial charge in [-0.3, -0.25) is 9.59 Å². The second-order valence-electron chi connectivity index (χ2n) is 5.03. The van der Waals surface area contributed by atoms with Crippen molar-refractivity contribution in [2.24, 2.45) is 11.8 Å². The van der Waals surface area contributed by atoms with Crippen molar-refractivity contribution in [1.29, 1.82) is 0 Å². The number of phenolic OH excluding ortho intramolecular Hbond substituents is 1. The molecule has 94 valence electrons. The normalized spacial score (nSPS) is 27.4. The summed E-state index contributed by atoms with van der Waals surface area (Å²) in [5.74, 6) is -0.421. The van der Waals surface area contributed by atoms with Crippen LogP contribution in [0.25, 0.3) is 0 Å². The van der Waals surface area contributed by atoms with Gasteiger partial charge >= 0.3 is 0 Å². The number of rotatable bonds is 1. The van der Waals surface area contributed by atoms with Crippen LogP contribution in [0.2, 0.25) is 0 Å². The lowest BCUT2D eigenvalue weighted by Gasteiger charge is -2.19. The van der Waals surface area contributed by atoms with Crippen molar-refractivity contribution in [1.82, 2.24) is 0 Å². The molecule has 1 aliphatic carbocycles. The van der Waals surface area contributed by atoms with E-state index in [2.05, 4.69) is 0 Å². The maximum Gasteiger partial charge on any atom is 0.237 e. The van der Waals surface area contributed by atoms with Gasteiger partial charge in [-0.1, -0.05) is 18.9 Å². The molecule has 4 heteroatoms. The van der Waals surface area contributed by atoms with Crippen molar-refractivity contribution < 1.29 is 14.7 Å². The number of benzene rings is 1. The number of imide groups is 1. The van der Waals surface area contributed by atoms with E-state index < -0.39 is 0 Å². The van der Waals surface area contributed by atoms with E-state index >= 15 is 0 Å². The molecule has 18 heavy (non-hydrogen) atoms. The van der Waals surface area contributed by atoms with Crippen molar-refractivity contribution in [2.45, 2.75) is 25.7 Å². The fraction of sp³-hybridized carbons (Fsp3) is 0.429. The van der Waals surface area contributed by atoms with Crippen LogP contribution in [0.3, 0.4) is 0 Å². The first kappa shape index (κ1) is 11.3. The molecule has 3 rings (SSSR count). The molecule has 1 saturated carbocycles. The summed E-state index contributed by atoms with van der Waals surface area (Å²) in [6.45, 7) is 0. The molecular formula is C14H15NO3. The molecule has 1 aromatic carbocycles. The van der Waals surface area contributed by atoms with Crippen molar-refractivity contribution in [3.63, 3.8) is 0 Å². The van der Waals surface area contributed by atoms with E-state index in [1.54, 1.807) is 12.1 Å². The van der Waals surface area contributed by atoms with Crippen LogP contribution in [0.4, 0.5) is 5.69 Å². The Hall–Kier alpha value is -1.84. The molecule has 1 heterocycles. The lowest BCUT2D eigenvalue weighted by molar-refractivity contribution is -0.122. The Kier molecular flexibility index (Phi) is 2.58. The highest BCUT2D eigenvalue weighted by Gasteiger charge is 2.48. The van der Waals surface area contributed by atoms with Crippen LogP contribution in [-0.4, -0.2) is 16.9 Å². The molecule has 0 aromatic heterocycles. The first-order valence-electron chi connectivity index (χ1n) is 6.35. The Morgan fingerprint density at radius 3 is 2.22 bits per heavy atom. The minimum atomic E-state index is -0.145. The number of hydrogen-bond acceptors (Lipinski definition) is 3. The number of carbonyl (C=O) groups excluding carboxylic acids is 2. The lowest BCUT2D eigenvalue weighted by atomic mass is 9.81. The quantitative estimate of drug-likeness (QED) is 0.770. The van der Waals surface area contributed by atoms with Gasteiger partial charge in [-0.15, -0.1) is 0 Å². The summed E-state index contributed by atoms with van der Waals surface area (Å²) in [5.41, 5.74) is 0.486.